The smallest absolute Gasteiger partial charge is 0.245 e. The normalized spacial score (nSPS) is 20.1. The molecule has 1 heterocycles. The van der Waals surface area contributed by atoms with E-state index in [0.29, 0.717) is 0 Å². The molecule has 0 aliphatic carbocycles. The summed E-state index contributed by atoms with van der Waals surface area (Å²) in [7, 11) is 0. The molecule has 0 radical (unpaired) electrons. The van der Waals surface area contributed by atoms with Gasteiger partial charge in [-0.1, -0.05) is 38.7 Å². The van der Waals surface area contributed by atoms with Crippen LogP contribution >= 0.6 is 0 Å². The average molecular weight is 195 g/mol. The Morgan fingerprint density at radius 2 is 1.36 bits per heavy atom. The first kappa shape index (κ1) is 11.3. The Bertz CT molecular complexity index is 179. The highest BCUT2D eigenvalue weighted by atomic mass is 16.2. The summed E-state index contributed by atoms with van der Waals surface area (Å²) < 4.78 is 0. The second-order valence-corrected chi connectivity index (χ2v) is 4.00. The van der Waals surface area contributed by atoms with Gasteiger partial charge in [0.25, 0.3) is 0 Å². The zero-order valence-corrected chi connectivity index (χ0v) is 9.00. The molecule has 0 aromatic rings. The van der Waals surface area contributed by atoms with Crippen LogP contribution in [0.4, 0.5) is 0 Å². The quantitative estimate of drug-likeness (QED) is 0.589. The highest BCUT2D eigenvalue weighted by Crippen LogP contribution is 2.11. The van der Waals surface area contributed by atoms with Crippen LogP contribution in [0, 0.1) is 0 Å². The zero-order valence-electron chi connectivity index (χ0n) is 9.00. The van der Waals surface area contributed by atoms with Crippen molar-refractivity contribution in [2.45, 2.75) is 44.9 Å². The Morgan fingerprint density at radius 1 is 0.929 bits per heavy atom. The van der Waals surface area contributed by atoms with Crippen molar-refractivity contribution in [1.82, 2.24) is 4.90 Å². The highest BCUT2D eigenvalue weighted by molar-refractivity contribution is 5.86. The van der Waals surface area contributed by atoms with Gasteiger partial charge in [0.2, 0.25) is 5.91 Å². The van der Waals surface area contributed by atoms with E-state index in [9.17, 15) is 4.79 Å². The van der Waals surface area contributed by atoms with Gasteiger partial charge in [-0.3, -0.25) is 4.79 Å². The summed E-state index contributed by atoms with van der Waals surface area (Å²) in [5.41, 5.74) is 0. The molecule has 1 amide bonds. The molecule has 0 N–H and O–H groups in total. The molecule has 1 aliphatic rings. The number of rotatable bonds is 1. The summed E-state index contributed by atoms with van der Waals surface area (Å²) in [6.07, 6.45) is 10.3. The van der Waals surface area contributed by atoms with Crippen LogP contribution in [0.25, 0.3) is 0 Å². The van der Waals surface area contributed by atoms with Crippen LogP contribution in [0.5, 0.6) is 0 Å². The summed E-state index contributed by atoms with van der Waals surface area (Å²) in [5, 5.41) is 0. The summed E-state index contributed by atoms with van der Waals surface area (Å²) in [5.74, 6) is 0.102. The Labute approximate surface area is 87.0 Å². The van der Waals surface area contributed by atoms with Gasteiger partial charge in [-0.15, -0.1) is 0 Å². The van der Waals surface area contributed by atoms with Crippen molar-refractivity contribution in [3.63, 3.8) is 0 Å². The third-order valence-electron chi connectivity index (χ3n) is 2.84. The van der Waals surface area contributed by atoms with Crippen molar-refractivity contribution >= 4 is 5.91 Å². The van der Waals surface area contributed by atoms with Crippen molar-refractivity contribution in [3.8, 4) is 0 Å². The minimum Gasteiger partial charge on any atom is -0.339 e. The average Bonchev–Trinajstić information content (AvgIpc) is 2.24. The summed E-state index contributed by atoms with van der Waals surface area (Å²) in [4.78, 5) is 13.4. The maximum atomic E-state index is 11.4. The van der Waals surface area contributed by atoms with E-state index in [1.165, 1.54) is 38.2 Å². The first-order valence-corrected chi connectivity index (χ1v) is 5.76. The fraction of sp³-hybridized carbons (Fsp3) is 0.750. The molecule has 0 unspecified atom stereocenters. The van der Waals surface area contributed by atoms with Gasteiger partial charge in [-0.05, 0) is 18.9 Å². The predicted octanol–water partition coefficient (Wildman–Crippen LogP) is 2.75. The largest absolute Gasteiger partial charge is 0.339 e. The monoisotopic (exact) mass is 195 g/mol. The van der Waals surface area contributed by atoms with E-state index in [2.05, 4.69) is 6.58 Å². The number of carbonyl (C=O) groups is 1. The van der Waals surface area contributed by atoms with Gasteiger partial charge in [0.05, 0.1) is 0 Å². The van der Waals surface area contributed by atoms with Gasteiger partial charge in [-0.25, -0.2) is 0 Å². The van der Waals surface area contributed by atoms with Gasteiger partial charge in [-0.2, -0.15) is 0 Å². The fourth-order valence-electron chi connectivity index (χ4n) is 1.95. The topological polar surface area (TPSA) is 20.3 Å². The third-order valence-corrected chi connectivity index (χ3v) is 2.84. The van der Waals surface area contributed by atoms with Crippen LogP contribution in [-0.2, 0) is 4.79 Å². The molecule has 1 fully saturated rings. The van der Waals surface area contributed by atoms with Gasteiger partial charge in [0.1, 0.15) is 0 Å². The molecule has 2 nitrogen and oxygen atoms in total. The highest BCUT2D eigenvalue weighted by Gasteiger charge is 2.09. The summed E-state index contributed by atoms with van der Waals surface area (Å²) in [6, 6.07) is 0. The van der Waals surface area contributed by atoms with Crippen molar-refractivity contribution in [1.29, 1.82) is 0 Å². The van der Waals surface area contributed by atoms with Crippen molar-refractivity contribution in [2.24, 2.45) is 0 Å². The Kier molecular flexibility index (Phi) is 5.35. The molecule has 0 aromatic heterocycles. The first-order chi connectivity index (χ1) is 6.84. The van der Waals surface area contributed by atoms with Crippen LogP contribution in [0.15, 0.2) is 12.7 Å². The number of hydrogen-bond acceptors (Lipinski definition) is 1. The van der Waals surface area contributed by atoms with Crippen LogP contribution in [0.2, 0.25) is 0 Å². The van der Waals surface area contributed by atoms with Crippen molar-refractivity contribution in [3.05, 3.63) is 12.7 Å². The molecule has 14 heavy (non-hydrogen) atoms. The molecule has 0 atom stereocenters. The maximum absolute atomic E-state index is 11.4. The molecule has 2 heteroatoms. The van der Waals surface area contributed by atoms with E-state index in [4.69, 9.17) is 0 Å². The molecule has 0 saturated carbocycles. The number of hydrogen-bond donors (Lipinski definition) is 0. The molecule has 0 aromatic carbocycles. The van der Waals surface area contributed by atoms with E-state index in [1.54, 1.807) is 0 Å². The van der Waals surface area contributed by atoms with Gasteiger partial charge < -0.3 is 4.90 Å². The van der Waals surface area contributed by atoms with Crippen molar-refractivity contribution in [2.75, 3.05) is 13.1 Å². The Hall–Kier alpha value is -0.790. The number of carbonyl (C=O) groups excluding carboxylic acids is 1. The van der Waals surface area contributed by atoms with E-state index in [0.717, 1.165) is 25.9 Å². The number of amides is 1. The van der Waals surface area contributed by atoms with Gasteiger partial charge in [0.15, 0.2) is 0 Å². The van der Waals surface area contributed by atoms with E-state index < -0.39 is 0 Å². The Morgan fingerprint density at radius 3 is 1.79 bits per heavy atom. The van der Waals surface area contributed by atoms with Crippen LogP contribution in [0.1, 0.15) is 44.9 Å². The summed E-state index contributed by atoms with van der Waals surface area (Å²) >= 11 is 0. The van der Waals surface area contributed by atoms with E-state index >= 15 is 0 Å². The molecule has 1 saturated heterocycles. The van der Waals surface area contributed by atoms with Gasteiger partial charge in [0, 0.05) is 13.1 Å². The molecular formula is C12H21NO. The molecule has 1 rings (SSSR count). The lowest BCUT2D eigenvalue weighted by atomic mass is 10.1. The van der Waals surface area contributed by atoms with E-state index in [-0.39, 0.29) is 5.91 Å². The van der Waals surface area contributed by atoms with E-state index in [1.807, 2.05) is 4.90 Å². The lowest BCUT2D eigenvalue weighted by Crippen LogP contribution is -2.31. The van der Waals surface area contributed by atoms with Crippen LogP contribution < -0.4 is 0 Å². The summed E-state index contributed by atoms with van der Waals surface area (Å²) in [6.45, 7) is 5.38. The van der Waals surface area contributed by atoms with Crippen LogP contribution in [0.3, 0.4) is 0 Å². The lowest BCUT2D eigenvalue weighted by molar-refractivity contribution is -0.126. The van der Waals surface area contributed by atoms with Gasteiger partial charge >= 0.3 is 0 Å². The van der Waals surface area contributed by atoms with Crippen molar-refractivity contribution < 1.29 is 4.79 Å². The Balaban J connectivity index is 2.37. The maximum Gasteiger partial charge on any atom is 0.245 e. The fourth-order valence-corrected chi connectivity index (χ4v) is 1.95. The standard InChI is InChI=1S/C12H21NO/c1-2-12(14)13-10-8-6-4-3-5-7-9-11-13/h2H,1,3-11H2. The SMILES string of the molecule is C=CC(=O)N1CCCCCCCCC1. The molecule has 1 aliphatic heterocycles. The van der Waals surface area contributed by atoms with Crippen LogP contribution in [-0.4, -0.2) is 23.9 Å². The third kappa shape index (κ3) is 3.95. The first-order valence-electron chi connectivity index (χ1n) is 5.76. The lowest BCUT2D eigenvalue weighted by Gasteiger charge is -2.22. The molecule has 0 spiro atoms. The molecule has 80 valence electrons. The zero-order chi connectivity index (χ0) is 10.2. The number of nitrogens with zero attached hydrogens (tertiary/aromatic N) is 1. The second kappa shape index (κ2) is 6.63. The minimum atomic E-state index is 0.102. The molecule has 0 bridgehead atoms. The predicted molar refractivity (Wildman–Crippen MR) is 59.1 cm³/mol. The minimum absolute atomic E-state index is 0.102. The second-order valence-electron chi connectivity index (χ2n) is 4.00. The molecular weight excluding hydrogens is 174 g/mol.